The average Bonchev–Trinajstić information content (AvgIpc) is 2.46. The topological polar surface area (TPSA) is 38.7 Å². The molecule has 3 nitrogen and oxygen atoms in total. The number of methoxy groups -OCH3 is 1. The van der Waals surface area contributed by atoms with Crippen LogP contribution in [0.3, 0.4) is 0 Å². The molecular formula is C15H14Cl2O3. The van der Waals surface area contributed by atoms with E-state index in [2.05, 4.69) is 0 Å². The third-order valence-corrected chi connectivity index (χ3v) is 3.29. The van der Waals surface area contributed by atoms with E-state index in [1.54, 1.807) is 43.5 Å². The average molecular weight is 313 g/mol. The van der Waals surface area contributed by atoms with Crippen LogP contribution in [0.1, 0.15) is 11.1 Å². The third-order valence-electron chi connectivity index (χ3n) is 2.78. The summed E-state index contributed by atoms with van der Waals surface area (Å²) < 4.78 is 11.0. The Balaban J connectivity index is 2.21. The SMILES string of the molecule is COc1cc(Cl)cc(CCl)c1OCc1ccc(O)cc1. The molecule has 2 aromatic carbocycles. The molecule has 2 rings (SSSR count). The summed E-state index contributed by atoms with van der Waals surface area (Å²) in [6, 6.07) is 10.2. The first-order chi connectivity index (χ1) is 9.63. The van der Waals surface area contributed by atoms with E-state index in [0.717, 1.165) is 11.1 Å². The molecule has 0 aromatic heterocycles. The summed E-state index contributed by atoms with van der Waals surface area (Å²) in [6.07, 6.45) is 0. The number of hydrogen-bond acceptors (Lipinski definition) is 3. The second-order valence-corrected chi connectivity index (χ2v) is 4.89. The zero-order valence-corrected chi connectivity index (χ0v) is 12.4. The fourth-order valence-electron chi connectivity index (χ4n) is 1.79. The van der Waals surface area contributed by atoms with E-state index in [-0.39, 0.29) is 11.6 Å². The molecule has 106 valence electrons. The summed E-state index contributed by atoms with van der Waals surface area (Å²) in [4.78, 5) is 0. The Bertz CT molecular complexity index is 557. The summed E-state index contributed by atoms with van der Waals surface area (Å²) in [6.45, 7) is 0.349. The number of ether oxygens (including phenoxy) is 2. The quantitative estimate of drug-likeness (QED) is 0.833. The first-order valence-corrected chi connectivity index (χ1v) is 6.88. The lowest BCUT2D eigenvalue weighted by Gasteiger charge is -2.14. The van der Waals surface area contributed by atoms with Crippen molar-refractivity contribution >= 4 is 23.2 Å². The number of phenolic OH excluding ortho intramolecular Hbond substituents is 1. The van der Waals surface area contributed by atoms with Crippen LogP contribution in [0.25, 0.3) is 0 Å². The van der Waals surface area contributed by atoms with Gasteiger partial charge in [-0.05, 0) is 23.8 Å². The fraction of sp³-hybridized carbons (Fsp3) is 0.200. The molecule has 1 N–H and O–H groups in total. The van der Waals surface area contributed by atoms with Crippen LogP contribution in [-0.4, -0.2) is 12.2 Å². The van der Waals surface area contributed by atoms with Gasteiger partial charge in [-0.25, -0.2) is 0 Å². The Hall–Kier alpha value is -1.58. The monoisotopic (exact) mass is 312 g/mol. The Morgan fingerprint density at radius 2 is 1.85 bits per heavy atom. The van der Waals surface area contributed by atoms with Gasteiger partial charge < -0.3 is 14.6 Å². The van der Waals surface area contributed by atoms with E-state index in [4.69, 9.17) is 32.7 Å². The Morgan fingerprint density at radius 1 is 1.15 bits per heavy atom. The molecule has 0 unspecified atom stereocenters. The maximum Gasteiger partial charge on any atom is 0.166 e. The molecule has 20 heavy (non-hydrogen) atoms. The molecule has 0 saturated heterocycles. The minimum atomic E-state index is 0.222. The fourth-order valence-corrected chi connectivity index (χ4v) is 2.21. The number of halogens is 2. The molecule has 5 heteroatoms. The number of benzene rings is 2. The van der Waals surface area contributed by atoms with E-state index >= 15 is 0 Å². The van der Waals surface area contributed by atoms with Crippen molar-refractivity contribution in [2.75, 3.05) is 7.11 Å². The van der Waals surface area contributed by atoms with Crippen LogP contribution in [0.4, 0.5) is 0 Å². The maximum absolute atomic E-state index is 9.24. The van der Waals surface area contributed by atoms with Gasteiger partial charge in [0, 0.05) is 16.7 Å². The van der Waals surface area contributed by atoms with Crippen molar-refractivity contribution in [3.63, 3.8) is 0 Å². The van der Waals surface area contributed by atoms with Crippen molar-refractivity contribution in [2.45, 2.75) is 12.5 Å². The summed E-state index contributed by atoms with van der Waals surface area (Å²) in [5.74, 6) is 1.63. The lowest BCUT2D eigenvalue weighted by Crippen LogP contribution is -2.00. The highest BCUT2D eigenvalue weighted by Crippen LogP contribution is 2.36. The van der Waals surface area contributed by atoms with Crippen LogP contribution >= 0.6 is 23.2 Å². The standard InChI is InChI=1S/C15H14Cl2O3/c1-19-14-7-12(17)6-11(8-16)15(14)20-9-10-2-4-13(18)5-3-10/h2-7,18H,8-9H2,1H3. The highest BCUT2D eigenvalue weighted by molar-refractivity contribution is 6.31. The summed E-state index contributed by atoms with van der Waals surface area (Å²) >= 11 is 11.9. The maximum atomic E-state index is 9.24. The number of rotatable bonds is 5. The highest BCUT2D eigenvalue weighted by atomic mass is 35.5. The molecule has 0 bridgehead atoms. The van der Waals surface area contributed by atoms with Gasteiger partial charge in [-0.15, -0.1) is 11.6 Å². The van der Waals surface area contributed by atoms with E-state index in [1.807, 2.05) is 0 Å². The summed E-state index contributed by atoms with van der Waals surface area (Å²) in [5, 5.41) is 9.79. The minimum absolute atomic E-state index is 0.222. The van der Waals surface area contributed by atoms with Crippen molar-refractivity contribution in [1.29, 1.82) is 0 Å². The van der Waals surface area contributed by atoms with Crippen molar-refractivity contribution in [2.24, 2.45) is 0 Å². The van der Waals surface area contributed by atoms with E-state index in [9.17, 15) is 5.11 Å². The molecule has 0 atom stereocenters. The van der Waals surface area contributed by atoms with E-state index in [1.165, 1.54) is 0 Å². The Morgan fingerprint density at radius 3 is 2.45 bits per heavy atom. The third kappa shape index (κ3) is 3.50. The molecule has 0 aliphatic heterocycles. The van der Waals surface area contributed by atoms with E-state index < -0.39 is 0 Å². The van der Waals surface area contributed by atoms with Gasteiger partial charge in [-0.2, -0.15) is 0 Å². The summed E-state index contributed by atoms with van der Waals surface area (Å²) in [7, 11) is 1.55. The van der Waals surface area contributed by atoms with Gasteiger partial charge >= 0.3 is 0 Å². The van der Waals surface area contributed by atoms with Crippen LogP contribution in [0, 0.1) is 0 Å². The molecule has 2 aromatic rings. The van der Waals surface area contributed by atoms with Crippen LogP contribution in [0.15, 0.2) is 36.4 Å². The predicted octanol–water partition coefficient (Wildman–Crippen LogP) is 4.37. The summed E-state index contributed by atoms with van der Waals surface area (Å²) in [5.41, 5.74) is 1.70. The van der Waals surface area contributed by atoms with Crippen molar-refractivity contribution < 1.29 is 14.6 Å². The Labute approximate surface area is 127 Å². The van der Waals surface area contributed by atoms with Crippen LogP contribution in [-0.2, 0) is 12.5 Å². The molecule has 0 heterocycles. The molecular weight excluding hydrogens is 299 g/mol. The molecule has 0 aliphatic rings. The number of phenols is 1. The normalized spacial score (nSPS) is 10.3. The molecule has 0 aliphatic carbocycles. The van der Waals surface area contributed by atoms with Gasteiger partial charge in [0.15, 0.2) is 11.5 Å². The van der Waals surface area contributed by atoms with Gasteiger partial charge in [-0.1, -0.05) is 23.7 Å². The van der Waals surface area contributed by atoms with Gasteiger partial charge in [0.2, 0.25) is 0 Å². The van der Waals surface area contributed by atoms with Gasteiger partial charge in [-0.3, -0.25) is 0 Å². The van der Waals surface area contributed by atoms with Gasteiger partial charge in [0.05, 0.1) is 13.0 Å². The van der Waals surface area contributed by atoms with Gasteiger partial charge in [0.25, 0.3) is 0 Å². The number of hydrogen-bond donors (Lipinski definition) is 1. The number of aromatic hydroxyl groups is 1. The first kappa shape index (κ1) is 14.8. The zero-order chi connectivity index (χ0) is 14.5. The van der Waals surface area contributed by atoms with Crippen molar-refractivity contribution in [3.8, 4) is 17.2 Å². The minimum Gasteiger partial charge on any atom is -0.508 e. The van der Waals surface area contributed by atoms with Crippen LogP contribution in [0.5, 0.6) is 17.2 Å². The first-order valence-electron chi connectivity index (χ1n) is 5.97. The number of alkyl halides is 1. The molecule has 0 saturated carbocycles. The Kier molecular flexibility index (Phi) is 4.99. The van der Waals surface area contributed by atoms with Crippen molar-refractivity contribution in [1.82, 2.24) is 0 Å². The smallest absolute Gasteiger partial charge is 0.166 e. The molecule has 0 radical (unpaired) electrons. The second-order valence-electron chi connectivity index (χ2n) is 4.19. The molecule has 0 spiro atoms. The zero-order valence-electron chi connectivity index (χ0n) is 10.9. The lowest BCUT2D eigenvalue weighted by atomic mass is 10.2. The largest absolute Gasteiger partial charge is 0.508 e. The highest BCUT2D eigenvalue weighted by Gasteiger charge is 2.12. The van der Waals surface area contributed by atoms with Gasteiger partial charge in [0.1, 0.15) is 12.4 Å². The van der Waals surface area contributed by atoms with Crippen molar-refractivity contribution in [3.05, 3.63) is 52.5 Å². The molecule has 0 fully saturated rings. The van der Waals surface area contributed by atoms with E-state index in [0.29, 0.717) is 23.1 Å². The molecule has 0 amide bonds. The second kappa shape index (κ2) is 6.73. The van der Waals surface area contributed by atoms with Crippen LogP contribution in [0.2, 0.25) is 5.02 Å². The van der Waals surface area contributed by atoms with Crippen LogP contribution < -0.4 is 9.47 Å². The predicted molar refractivity (Wildman–Crippen MR) is 80.0 cm³/mol. The lowest BCUT2D eigenvalue weighted by molar-refractivity contribution is 0.282.